The minimum Gasteiger partial charge on any atom is -0.508 e. The van der Waals surface area contributed by atoms with Crippen LogP contribution in [0, 0.1) is 5.92 Å². The fourth-order valence-corrected chi connectivity index (χ4v) is 3.56. The first-order chi connectivity index (χ1) is 16.5. The zero-order chi connectivity index (χ0) is 26.5. The molecule has 0 heterocycles. The third-order valence-electron chi connectivity index (χ3n) is 5.61. The van der Waals surface area contributed by atoms with Gasteiger partial charge in [0.1, 0.15) is 23.9 Å². The summed E-state index contributed by atoms with van der Waals surface area (Å²) in [4.78, 5) is 49.8. The van der Waals surface area contributed by atoms with Crippen molar-refractivity contribution in [2.45, 2.75) is 57.3 Å². The number of aromatic hydroxyl groups is 1. The molecule has 0 fully saturated rings. The van der Waals surface area contributed by atoms with Crippen LogP contribution in [0.15, 0.2) is 24.3 Å². The molecule has 0 aliphatic heterocycles. The Morgan fingerprint density at radius 2 is 1.51 bits per heavy atom. The lowest BCUT2D eigenvalue weighted by molar-refractivity contribution is -0.143. The maximum Gasteiger partial charge on any atom is 0.328 e. The first kappa shape index (κ1) is 30.2. The van der Waals surface area contributed by atoms with Crippen LogP contribution in [0.2, 0.25) is 0 Å². The van der Waals surface area contributed by atoms with Crippen molar-refractivity contribution in [2.75, 3.05) is 18.6 Å². The van der Waals surface area contributed by atoms with E-state index in [9.17, 15) is 29.4 Å². The average molecular weight is 513 g/mol. The second-order valence-electron chi connectivity index (χ2n) is 8.27. The Labute approximate surface area is 209 Å². The molecule has 5 atom stereocenters. The highest BCUT2D eigenvalue weighted by Gasteiger charge is 2.31. The number of aliphatic hydroxyl groups is 1. The Morgan fingerprint density at radius 1 is 0.971 bits per heavy atom. The van der Waals surface area contributed by atoms with Gasteiger partial charge in [0.15, 0.2) is 0 Å². The molecular formula is C23H36N4O7S. The molecule has 0 saturated carbocycles. The molecule has 0 aromatic heterocycles. The highest BCUT2D eigenvalue weighted by molar-refractivity contribution is 7.98. The Morgan fingerprint density at radius 3 is 2.03 bits per heavy atom. The lowest BCUT2D eigenvalue weighted by Crippen LogP contribution is -2.58. The summed E-state index contributed by atoms with van der Waals surface area (Å²) in [7, 11) is 0. The molecule has 0 aliphatic carbocycles. The number of rotatable bonds is 15. The van der Waals surface area contributed by atoms with Gasteiger partial charge in [-0.15, -0.1) is 0 Å². The molecule has 0 spiro atoms. The molecule has 196 valence electrons. The van der Waals surface area contributed by atoms with Gasteiger partial charge in [-0.05, 0) is 42.0 Å². The molecule has 1 aromatic carbocycles. The van der Waals surface area contributed by atoms with Crippen LogP contribution in [-0.4, -0.2) is 81.8 Å². The van der Waals surface area contributed by atoms with Crippen LogP contribution in [0.4, 0.5) is 0 Å². The fraction of sp³-hybridized carbons (Fsp3) is 0.565. The van der Waals surface area contributed by atoms with E-state index in [0.717, 1.165) is 0 Å². The summed E-state index contributed by atoms with van der Waals surface area (Å²) < 4.78 is 0. The van der Waals surface area contributed by atoms with E-state index in [1.165, 1.54) is 23.9 Å². The van der Waals surface area contributed by atoms with Crippen LogP contribution < -0.4 is 21.7 Å². The molecule has 0 saturated heterocycles. The Balaban J connectivity index is 3.11. The van der Waals surface area contributed by atoms with E-state index >= 15 is 0 Å². The van der Waals surface area contributed by atoms with Crippen LogP contribution in [0.25, 0.3) is 0 Å². The molecule has 1 rings (SSSR count). The van der Waals surface area contributed by atoms with Crippen molar-refractivity contribution in [1.29, 1.82) is 0 Å². The number of carbonyl (C=O) groups is 4. The summed E-state index contributed by atoms with van der Waals surface area (Å²) in [5.41, 5.74) is 6.67. The number of amides is 3. The zero-order valence-electron chi connectivity index (χ0n) is 20.2. The molecule has 5 unspecified atom stereocenters. The number of carbonyl (C=O) groups excluding carboxylic acids is 3. The Kier molecular flexibility index (Phi) is 13.1. The van der Waals surface area contributed by atoms with Gasteiger partial charge in [0, 0.05) is 6.42 Å². The minimum absolute atomic E-state index is 0.0447. The molecule has 11 nitrogen and oxygen atoms in total. The number of nitrogens with two attached hydrogens (primary N) is 1. The lowest BCUT2D eigenvalue weighted by atomic mass is 9.98. The van der Waals surface area contributed by atoms with Crippen LogP contribution in [0.3, 0.4) is 0 Å². The molecular weight excluding hydrogens is 476 g/mol. The highest BCUT2D eigenvalue weighted by atomic mass is 32.2. The standard InChI is InChI=1S/C23H36N4O7S/c1-4-13(2)19(24)22(32)26-17(11-14-5-7-15(29)8-6-14)21(31)25-16(9-10-35-3)20(30)27-18(12-28)23(33)34/h5-8,13,16-19,28-29H,4,9-12,24H2,1-3H3,(H,25,31)(H,26,32)(H,27,30)(H,33,34). The van der Waals surface area contributed by atoms with Crippen molar-refractivity contribution in [3.05, 3.63) is 29.8 Å². The van der Waals surface area contributed by atoms with Gasteiger partial charge in [-0.2, -0.15) is 11.8 Å². The van der Waals surface area contributed by atoms with E-state index < -0.39 is 54.5 Å². The van der Waals surface area contributed by atoms with Gasteiger partial charge >= 0.3 is 5.97 Å². The largest absolute Gasteiger partial charge is 0.508 e. The van der Waals surface area contributed by atoms with Crippen LogP contribution >= 0.6 is 11.8 Å². The highest BCUT2D eigenvalue weighted by Crippen LogP contribution is 2.13. The molecule has 0 radical (unpaired) electrons. The van der Waals surface area contributed by atoms with E-state index in [4.69, 9.17) is 10.8 Å². The number of phenols is 1. The van der Waals surface area contributed by atoms with E-state index in [-0.39, 0.29) is 24.5 Å². The van der Waals surface area contributed by atoms with Crippen LogP contribution in [-0.2, 0) is 25.6 Å². The van der Waals surface area contributed by atoms with Gasteiger partial charge in [-0.25, -0.2) is 4.79 Å². The Bertz CT molecular complexity index is 853. The Hall–Kier alpha value is -2.83. The summed E-state index contributed by atoms with van der Waals surface area (Å²) in [6.45, 7) is 2.91. The average Bonchev–Trinajstić information content (AvgIpc) is 2.84. The van der Waals surface area contributed by atoms with E-state index in [2.05, 4.69) is 16.0 Å². The minimum atomic E-state index is -1.52. The van der Waals surface area contributed by atoms with Crippen molar-refractivity contribution in [2.24, 2.45) is 11.7 Å². The van der Waals surface area contributed by atoms with Crippen molar-refractivity contribution in [1.82, 2.24) is 16.0 Å². The van der Waals surface area contributed by atoms with E-state index in [1.807, 2.05) is 20.1 Å². The van der Waals surface area contributed by atoms with Crippen molar-refractivity contribution >= 4 is 35.5 Å². The van der Waals surface area contributed by atoms with Crippen LogP contribution in [0.1, 0.15) is 32.3 Å². The van der Waals surface area contributed by atoms with Gasteiger partial charge in [0.05, 0.1) is 12.6 Å². The third kappa shape index (κ3) is 10.1. The van der Waals surface area contributed by atoms with E-state index in [1.54, 1.807) is 12.1 Å². The molecule has 0 bridgehead atoms. The first-order valence-electron chi connectivity index (χ1n) is 11.3. The summed E-state index contributed by atoms with van der Waals surface area (Å²) >= 11 is 1.43. The van der Waals surface area contributed by atoms with Crippen molar-refractivity contribution in [3.63, 3.8) is 0 Å². The van der Waals surface area contributed by atoms with Gasteiger partial charge in [-0.1, -0.05) is 32.4 Å². The molecule has 0 aliphatic rings. The molecule has 12 heteroatoms. The molecule has 3 amide bonds. The quantitative estimate of drug-likeness (QED) is 0.164. The number of hydrogen-bond donors (Lipinski definition) is 7. The molecule has 8 N–H and O–H groups in total. The number of carboxylic acid groups (broad SMARTS) is 1. The number of carboxylic acids is 1. The van der Waals surface area contributed by atoms with E-state index in [0.29, 0.717) is 17.7 Å². The number of thioether (sulfide) groups is 1. The topological polar surface area (TPSA) is 191 Å². The fourth-order valence-electron chi connectivity index (χ4n) is 3.09. The number of aliphatic hydroxyl groups excluding tert-OH is 1. The van der Waals surface area contributed by atoms with Crippen molar-refractivity contribution in [3.8, 4) is 5.75 Å². The SMILES string of the molecule is CCC(C)C(N)C(=O)NC(Cc1ccc(O)cc1)C(=O)NC(CCSC)C(=O)NC(CO)C(=O)O. The number of aliphatic carboxylic acids is 1. The predicted octanol–water partition coefficient (Wildman–Crippen LogP) is -0.407. The number of phenolic OH excluding ortho intramolecular Hbond substituents is 1. The predicted molar refractivity (Wildman–Crippen MR) is 133 cm³/mol. The summed E-state index contributed by atoms with van der Waals surface area (Å²) in [6.07, 6.45) is 2.74. The number of benzene rings is 1. The second kappa shape index (κ2) is 15.2. The maximum absolute atomic E-state index is 13.2. The summed E-state index contributed by atoms with van der Waals surface area (Å²) in [5.74, 6) is -2.94. The smallest absolute Gasteiger partial charge is 0.328 e. The normalized spacial score (nSPS) is 15.2. The van der Waals surface area contributed by atoms with Gasteiger partial charge in [-0.3, -0.25) is 14.4 Å². The summed E-state index contributed by atoms with van der Waals surface area (Å²) in [6, 6.07) is 1.58. The van der Waals surface area contributed by atoms with Gasteiger partial charge < -0.3 is 37.0 Å². The van der Waals surface area contributed by atoms with Gasteiger partial charge in [0.25, 0.3) is 0 Å². The van der Waals surface area contributed by atoms with Crippen LogP contribution in [0.5, 0.6) is 5.75 Å². The third-order valence-corrected chi connectivity index (χ3v) is 6.25. The molecule has 35 heavy (non-hydrogen) atoms. The lowest BCUT2D eigenvalue weighted by Gasteiger charge is -2.26. The molecule has 1 aromatic rings. The monoisotopic (exact) mass is 512 g/mol. The second-order valence-corrected chi connectivity index (χ2v) is 9.25. The maximum atomic E-state index is 13.2. The zero-order valence-corrected chi connectivity index (χ0v) is 21.0. The first-order valence-corrected chi connectivity index (χ1v) is 12.7. The van der Waals surface area contributed by atoms with Gasteiger partial charge in [0.2, 0.25) is 17.7 Å². The summed E-state index contributed by atoms with van der Waals surface area (Å²) in [5, 5.41) is 35.3. The van der Waals surface area contributed by atoms with Crippen molar-refractivity contribution < 1.29 is 34.5 Å². The number of nitrogens with one attached hydrogen (secondary N) is 3. The number of hydrogen-bond acceptors (Lipinski definition) is 8.